The van der Waals surface area contributed by atoms with Crippen molar-refractivity contribution in [2.75, 3.05) is 17.2 Å². The third kappa shape index (κ3) is 3.51. The van der Waals surface area contributed by atoms with Gasteiger partial charge in [0.1, 0.15) is 17.5 Å². The molecule has 0 atom stereocenters. The zero-order valence-corrected chi connectivity index (χ0v) is 13.5. The van der Waals surface area contributed by atoms with Crippen LogP contribution < -0.4 is 10.6 Å². The molecule has 1 aromatic carbocycles. The minimum Gasteiger partial charge on any atom is -0.370 e. The van der Waals surface area contributed by atoms with Crippen LogP contribution in [0.15, 0.2) is 18.2 Å². The minimum absolute atomic E-state index is 0.820. The van der Waals surface area contributed by atoms with E-state index in [-0.39, 0.29) is 0 Å². The highest BCUT2D eigenvalue weighted by Gasteiger charge is 2.11. The first-order chi connectivity index (χ1) is 10.0. The quantitative estimate of drug-likeness (QED) is 0.866. The number of anilines is 3. The fourth-order valence-corrected chi connectivity index (χ4v) is 2.18. The van der Waals surface area contributed by atoms with Crippen molar-refractivity contribution in [2.24, 2.45) is 0 Å². The van der Waals surface area contributed by atoms with Crippen LogP contribution in [0, 0.1) is 20.8 Å². The lowest BCUT2D eigenvalue weighted by molar-refractivity contribution is 0.929. The molecule has 0 aliphatic carbocycles. The summed E-state index contributed by atoms with van der Waals surface area (Å²) in [5.41, 5.74) is 4.59. The first-order valence-corrected chi connectivity index (χ1v) is 7.50. The predicted molar refractivity (Wildman–Crippen MR) is 89.5 cm³/mol. The summed E-state index contributed by atoms with van der Waals surface area (Å²) >= 11 is 0. The summed E-state index contributed by atoms with van der Waals surface area (Å²) in [6.45, 7) is 11.2. The molecule has 2 aromatic rings. The SMILES string of the molecule is CCNc1nc(CC)nc(Nc2cc(C)ccc2C)c1C. The number of nitrogens with one attached hydrogen (secondary N) is 2. The first kappa shape index (κ1) is 15.3. The second-order valence-electron chi connectivity index (χ2n) is 5.29. The van der Waals surface area contributed by atoms with Gasteiger partial charge in [-0.25, -0.2) is 9.97 Å². The summed E-state index contributed by atoms with van der Waals surface area (Å²) in [6.07, 6.45) is 0.820. The molecule has 0 radical (unpaired) electrons. The highest BCUT2D eigenvalue weighted by molar-refractivity contribution is 5.67. The molecule has 4 nitrogen and oxygen atoms in total. The highest BCUT2D eigenvalue weighted by atomic mass is 15.1. The van der Waals surface area contributed by atoms with Gasteiger partial charge in [-0.05, 0) is 44.9 Å². The highest BCUT2D eigenvalue weighted by Crippen LogP contribution is 2.26. The third-order valence-electron chi connectivity index (χ3n) is 3.50. The van der Waals surface area contributed by atoms with E-state index < -0.39 is 0 Å². The smallest absolute Gasteiger partial charge is 0.139 e. The molecule has 1 aromatic heterocycles. The van der Waals surface area contributed by atoms with Crippen LogP contribution in [-0.4, -0.2) is 16.5 Å². The van der Waals surface area contributed by atoms with Crippen LogP contribution >= 0.6 is 0 Å². The van der Waals surface area contributed by atoms with Crippen molar-refractivity contribution in [3.8, 4) is 0 Å². The summed E-state index contributed by atoms with van der Waals surface area (Å²) in [6, 6.07) is 6.39. The molecule has 0 fully saturated rings. The summed E-state index contributed by atoms with van der Waals surface area (Å²) in [5.74, 6) is 2.65. The van der Waals surface area contributed by atoms with E-state index in [0.717, 1.165) is 41.7 Å². The number of aryl methyl sites for hydroxylation is 3. The van der Waals surface area contributed by atoms with E-state index in [1.165, 1.54) is 11.1 Å². The lowest BCUT2D eigenvalue weighted by atomic mass is 10.1. The van der Waals surface area contributed by atoms with Gasteiger partial charge in [0, 0.05) is 24.2 Å². The summed E-state index contributed by atoms with van der Waals surface area (Å²) < 4.78 is 0. The van der Waals surface area contributed by atoms with Gasteiger partial charge in [-0.3, -0.25) is 0 Å². The molecule has 112 valence electrons. The maximum absolute atomic E-state index is 4.64. The standard InChI is InChI=1S/C17H24N4/c1-6-15-20-16(18-7-2)13(5)17(21-15)19-14-10-11(3)8-9-12(14)4/h8-10H,6-7H2,1-5H3,(H2,18,19,20,21). The van der Waals surface area contributed by atoms with Gasteiger partial charge in [0.15, 0.2) is 0 Å². The van der Waals surface area contributed by atoms with Gasteiger partial charge in [-0.1, -0.05) is 19.1 Å². The Morgan fingerprint density at radius 1 is 1.00 bits per heavy atom. The molecule has 0 amide bonds. The number of nitrogens with zero attached hydrogens (tertiary/aromatic N) is 2. The van der Waals surface area contributed by atoms with Crippen molar-refractivity contribution in [2.45, 2.75) is 41.0 Å². The third-order valence-corrected chi connectivity index (χ3v) is 3.50. The molecule has 2 N–H and O–H groups in total. The topological polar surface area (TPSA) is 49.8 Å². The lowest BCUT2D eigenvalue weighted by Gasteiger charge is -2.15. The van der Waals surface area contributed by atoms with Crippen LogP contribution in [-0.2, 0) is 6.42 Å². The Labute approximate surface area is 127 Å². The molecule has 0 saturated carbocycles. The number of hydrogen-bond acceptors (Lipinski definition) is 4. The molecule has 2 rings (SSSR count). The zero-order valence-electron chi connectivity index (χ0n) is 13.5. The van der Waals surface area contributed by atoms with E-state index in [4.69, 9.17) is 0 Å². The molecular weight excluding hydrogens is 260 g/mol. The van der Waals surface area contributed by atoms with Crippen LogP contribution in [0.1, 0.15) is 36.4 Å². The van der Waals surface area contributed by atoms with Gasteiger partial charge in [0.25, 0.3) is 0 Å². The van der Waals surface area contributed by atoms with E-state index in [1.807, 2.05) is 6.92 Å². The molecule has 0 aliphatic heterocycles. The molecule has 21 heavy (non-hydrogen) atoms. The van der Waals surface area contributed by atoms with E-state index in [0.29, 0.717) is 0 Å². The van der Waals surface area contributed by atoms with Crippen molar-refractivity contribution in [1.29, 1.82) is 0 Å². The fourth-order valence-electron chi connectivity index (χ4n) is 2.18. The maximum Gasteiger partial charge on any atom is 0.139 e. The largest absolute Gasteiger partial charge is 0.370 e. The van der Waals surface area contributed by atoms with Crippen LogP contribution in [0.2, 0.25) is 0 Å². The van der Waals surface area contributed by atoms with Crippen molar-refractivity contribution < 1.29 is 0 Å². The minimum atomic E-state index is 0.820. The van der Waals surface area contributed by atoms with Gasteiger partial charge in [0.05, 0.1) is 0 Å². The van der Waals surface area contributed by atoms with Gasteiger partial charge >= 0.3 is 0 Å². The van der Waals surface area contributed by atoms with Crippen molar-refractivity contribution in [3.63, 3.8) is 0 Å². The van der Waals surface area contributed by atoms with E-state index in [9.17, 15) is 0 Å². The second kappa shape index (κ2) is 6.57. The van der Waals surface area contributed by atoms with Crippen molar-refractivity contribution in [1.82, 2.24) is 9.97 Å². The average Bonchev–Trinajstić information content (AvgIpc) is 2.47. The molecule has 0 bridgehead atoms. The van der Waals surface area contributed by atoms with E-state index in [2.05, 4.69) is 66.5 Å². The summed E-state index contributed by atoms with van der Waals surface area (Å²) in [5, 5.41) is 6.78. The van der Waals surface area contributed by atoms with Crippen LogP contribution in [0.3, 0.4) is 0 Å². The van der Waals surface area contributed by atoms with E-state index >= 15 is 0 Å². The van der Waals surface area contributed by atoms with Gasteiger partial charge < -0.3 is 10.6 Å². The number of hydrogen-bond donors (Lipinski definition) is 2. The maximum atomic E-state index is 4.64. The molecule has 1 heterocycles. The number of benzene rings is 1. The van der Waals surface area contributed by atoms with Gasteiger partial charge in [0.2, 0.25) is 0 Å². The zero-order chi connectivity index (χ0) is 15.4. The average molecular weight is 284 g/mol. The van der Waals surface area contributed by atoms with Gasteiger partial charge in [-0.2, -0.15) is 0 Å². The molecule has 0 spiro atoms. The molecular formula is C17H24N4. The molecule has 4 heteroatoms. The Kier molecular flexibility index (Phi) is 4.78. The molecule has 0 aliphatic rings. The number of rotatable bonds is 5. The predicted octanol–water partition coefficient (Wildman–Crippen LogP) is 4.14. The summed E-state index contributed by atoms with van der Waals surface area (Å²) in [4.78, 5) is 9.20. The van der Waals surface area contributed by atoms with Crippen molar-refractivity contribution in [3.05, 3.63) is 40.7 Å². The lowest BCUT2D eigenvalue weighted by Crippen LogP contribution is -2.09. The Morgan fingerprint density at radius 3 is 2.38 bits per heavy atom. The van der Waals surface area contributed by atoms with Gasteiger partial charge in [-0.15, -0.1) is 0 Å². The van der Waals surface area contributed by atoms with Crippen LogP contribution in [0.25, 0.3) is 0 Å². The molecule has 0 saturated heterocycles. The first-order valence-electron chi connectivity index (χ1n) is 7.50. The van der Waals surface area contributed by atoms with Crippen molar-refractivity contribution >= 4 is 17.3 Å². The Balaban J connectivity index is 2.43. The Hall–Kier alpha value is -2.10. The van der Waals surface area contributed by atoms with Crippen LogP contribution in [0.5, 0.6) is 0 Å². The second-order valence-corrected chi connectivity index (χ2v) is 5.29. The Morgan fingerprint density at radius 2 is 1.71 bits per heavy atom. The normalized spacial score (nSPS) is 10.5. The van der Waals surface area contributed by atoms with Crippen LogP contribution in [0.4, 0.5) is 17.3 Å². The Bertz CT molecular complexity index is 635. The monoisotopic (exact) mass is 284 g/mol. The fraction of sp³-hybridized carbons (Fsp3) is 0.412. The molecule has 0 unspecified atom stereocenters. The summed E-state index contributed by atoms with van der Waals surface area (Å²) in [7, 11) is 0. The van der Waals surface area contributed by atoms with E-state index in [1.54, 1.807) is 0 Å². The number of aromatic nitrogens is 2.